The fourth-order valence-electron chi connectivity index (χ4n) is 1.69. The molecule has 1 aromatic carbocycles. The van der Waals surface area contributed by atoms with Crippen LogP contribution in [-0.2, 0) is 14.3 Å². The predicted molar refractivity (Wildman–Crippen MR) is 78.6 cm³/mol. The summed E-state index contributed by atoms with van der Waals surface area (Å²) in [7, 11) is 1.24. The van der Waals surface area contributed by atoms with Crippen molar-refractivity contribution in [3.8, 4) is 0 Å². The molecule has 1 aromatic heterocycles. The van der Waals surface area contributed by atoms with E-state index in [1.165, 1.54) is 13.3 Å². The molecule has 108 valence electrons. The molecule has 0 saturated carbocycles. The highest BCUT2D eigenvalue weighted by Crippen LogP contribution is 2.21. The second kappa shape index (κ2) is 6.99. The van der Waals surface area contributed by atoms with Gasteiger partial charge in [0.05, 0.1) is 12.7 Å². The highest BCUT2D eigenvalue weighted by molar-refractivity contribution is 9.10. The van der Waals surface area contributed by atoms with Crippen molar-refractivity contribution >= 4 is 27.9 Å². The van der Waals surface area contributed by atoms with Crippen LogP contribution in [0.4, 0.5) is 0 Å². The molecule has 1 unspecified atom stereocenters. The molecule has 6 heteroatoms. The summed E-state index contributed by atoms with van der Waals surface area (Å²) in [6.45, 7) is 0. The maximum Gasteiger partial charge on any atom is 0.351 e. The zero-order valence-electron chi connectivity index (χ0n) is 11.2. The van der Waals surface area contributed by atoms with Crippen LogP contribution in [0, 0.1) is 0 Å². The summed E-state index contributed by atoms with van der Waals surface area (Å²) in [5, 5.41) is 0. The lowest BCUT2D eigenvalue weighted by Crippen LogP contribution is -2.21. The normalized spacial score (nSPS) is 11.5. The van der Waals surface area contributed by atoms with E-state index in [0.29, 0.717) is 10.0 Å². The van der Waals surface area contributed by atoms with Gasteiger partial charge in [0.25, 0.3) is 0 Å². The van der Waals surface area contributed by atoms with E-state index in [4.69, 9.17) is 4.74 Å². The first kappa shape index (κ1) is 15.2. The lowest BCUT2D eigenvalue weighted by molar-refractivity contribution is -0.151. The number of nitrogens with zero attached hydrogens (tertiary/aromatic N) is 1. The predicted octanol–water partition coefficient (Wildman–Crippen LogP) is 2.92. The minimum absolute atomic E-state index is 0.245. The molecule has 5 nitrogen and oxygen atoms in total. The average Bonchev–Trinajstić information content (AvgIpc) is 2.52. The lowest BCUT2D eigenvalue weighted by Gasteiger charge is -2.16. The van der Waals surface area contributed by atoms with Crippen molar-refractivity contribution in [1.82, 2.24) is 4.98 Å². The summed E-state index contributed by atoms with van der Waals surface area (Å²) < 4.78 is 10.6. The van der Waals surface area contributed by atoms with Crippen LogP contribution in [0.2, 0.25) is 0 Å². The van der Waals surface area contributed by atoms with Crippen LogP contribution < -0.4 is 0 Å². The molecular weight excluding hydrogens is 338 g/mol. The molecule has 2 rings (SSSR count). The van der Waals surface area contributed by atoms with Crippen LogP contribution in [0.1, 0.15) is 22.0 Å². The number of halogens is 1. The van der Waals surface area contributed by atoms with Gasteiger partial charge in [0.1, 0.15) is 0 Å². The Morgan fingerprint density at radius 1 is 1.19 bits per heavy atom. The van der Waals surface area contributed by atoms with E-state index in [1.54, 1.807) is 42.6 Å². The first-order chi connectivity index (χ1) is 10.1. The fraction of sp³-hybridized carbons (Fsp3) is 0.133. The topological polar surface area (TPSA) is 65.5 Å². The average molecular weight is 350 g/mol. The standard InChI is InChI=1S/C15H12BrNO4/c1-20-15(19)13(10-5-3-2-4-6-10)21-14(18)11-7-12(16)9-17-8-11/h2-9,13H,1H3. The number of pyridine rings is 1. The fourth-order valence-corrected chi connectivity index (χ4v) is 2.05. The summed E-state index contributed by atoms with van der Waals surface area (Å²) in [4.78, 5) is 27.8. The number of carbonyl (C=O) groups is 2. The van der Waals surface area contributed by atoms with E-state index < -0.39 is 18.0 Å². The molecule has 21 heavy (non-hydrogen) atoms. The van der Waals surface area contributed by atoms with Crippen LogP contribution >= 0.6 is 15.9 Å². The maximum atomic E-state index is 12.1. The first-order valence-corrected chi connectivity index (χ1v) is 6.85. The van der Waals surface area contributed by atoms with Gasteiger partial charge in [-0.15, -0.1) is 0 Å². The van der Waals surface area contributed by atoms with Crippen LogP contribution in [0.3, 0.4) is 0 Å². The van der Waals surface area contributed by atoms with E-state index in [-0.39, 0.29) is 5.56 Å². The number of rotatable bonds is 4. The third-order valence-electron chi connectivity index (χ3n) is 2.68. The number of hydrogen-bond acceptors (Lipinski definition) is 5. The number of esters is 2. The van der Waals surface area contributed by atoms with Gasteiger partial charge in [-0.2, -0.15) is 0 Å². The van der Waals surface area contributed by atoms with Crippen molar-refractivity contribution in [2.75, 3.05) is 7.11 Å². The molecule has 0 aliphatic rings. The highest BCUT2D eigenvalue weighted by Gasteiger charge is 2.26. The Labute approximate surface area is 130 Å². The van der Waals surface area contributed by atoms with Gasteiger partial charge in [-0.1, -0.05) is 30.3 Å². The van der Waals surface area contributed by atoms with E-state index >= 15 is 0 Å². The molecule has 2 aromatic rings. The quantitative estimate of drug-likeness (QED) is 0.794. The number of methoxy groups -OCH3 is 1. The third-order valence-corrected chi connectivity index (χ3v) is 3.12. The van der Waals surface area contributed by atoms with E-state index in [0.717, 1.165) is 0 Å². The molecule has 0 N–H and O–H groups in total. The number of benzene rings is 1. The Morgan fingerprint density at radius 2 is 1.90 bits per heavy atom. The molecule has 0 fully saturated rings. The van der Waals surface area contributed by atoms with Crippen molar-refractivity contribution < 1.29 is 19.1 Å². The van der Waals surface area contributed by atoms with Crippen molar-refractivity contribution in [1.29, 1.82) is 0 Å². The van der Waals surface area contributed by atoms with Gasteiger partial charge in [-0.25, -0.2) is 9.59 Å². The largest absolute Gasteiger partial charge is 0.466 e. The van der Waals surface area contributed by atoms with Crippen LogP contribution in [-0.4, -0.2) is 24.0 Å². The molecule has 0 aliphatic heterocycles. The van der Waals surface area contributed by atoms with Gasteiger partial charge in [0.2, 0.25) is 6.10 Å². The molecule has 1 atom stereocenters. The summed E-state index contributed by atoms with van der Waals surface area (Å²) >= 11 is 3.22. The SMILES string of the molecule is COC(=O)C(OC(=O)c1cncc(Br)c1)c1ccccc1. The number of ether oxygens (including phenoxy) is 2. The van der Waals surface area contributed by atoms with Crippen molar-refractivity contribution in [2.24, 2.45) is 0 Å². The van der Waals surface area contributed by atoms with Crippen LogP contribution in [0.25, 0.3) is 0 Å². The van der Waals surface area contributed by atoms with Gasteiger partial charge in [0, 0.05) is 22.4 Å². The molecule has 0 spiro atoms. The summed E-state index contributed by atoms with van der Waals surface area (Å²) in [6.07, 6.45) is 1.81. The summed E-state index contributed by atoms with van der Waals surface area (Å²) in [5.74, 6) is -1.29. The Morgan fingerprint density at radius 3 is 2.52 bits per heavy atom. The van der Waals surface area contributed by atoms with Crippen molar-refractivity contribution in [3.63, 3.8) is 0 Å². The number of hydrogen-bond donors (Lipinski definition) is 0. The molecule has 0 radical (unpaired) electrons. The second-order valence-electron chi connectivity index (χ2n) is 4.11. The van der Waals surface area contributed by atoms with E-state index in [1.807, 2.05) is 0 Å². The summed E-state index contributed by atoms with van der Waals surface area (Å²) in [6, 6.07) is 10.2. The highest BCUT2D eigenvalue weighted by atomic mass is 79.9. The molecule has 0 amide bonds. The molecule has 0 aliphatic carbocycles. The monoisotopic (exact) mass is 349 g/mol. The Bertz CT molecular complexity index is 645. The van der Waals surface area contributed by atoms with Gasteiger partial charge < -0.3 is 9.47 Å². The van der Waals surface area contributed by atoms with Crippen LogP contribution in [0.15, 0.2) is 53.3 Å². The Kier molecular flexibility index (Phi) is 5.05. The minimum atomic E-state index is -1.11. The van der Waals surface area contributed by atoms with E-state index in [2.05, 4.69) is 25.7 Å². The van der Waals surface area contributed by atoms with Gasteiger partial charge in [-0.3, -0.25) is 4.98 Å². The molecule has 0 saturated heterocycles. The Balaban J connectivity index is 2.23. The molecule has 0 bridgehead atoms. The smallest absolute Gasteiger partial charge is 0.351 e. The number of carbonyl (C=O) groups excluding carboxylic acids is 2. The van der Waals surface area contributed by atoms with Gasteiger partial charge >= 0.3 is 11.9 Å². The van der Waals surface area contributed by atoms with Crippen molar-refractivity contribution in [3.05, 3.63) is 64.4 Å². The molecular formula is C15H12BrNO4. The Hall–Kier alpha value is -2.21. The number of aromatic nitrogens is 1. The van der Waals surface area contributed by atoms with Gasteiger partial charge in [0.15, 0.2) is 0 Å². The zero-order chi connectivity index (χ0) is 15.2. The third kappa shape index (κ3) is 3.88. The minimum Gasteiger partial charge on any atom is -0.466 e. The van der Waals surface area contributed by atoms with E-state index in [9.17, 15) is 9.59 Å². The second-order valence-corrected chi connectivity index (χ2v) is 5.03. The lowest BCUT2D eigenvalue weighted by atomic mass is 10.1. The molecule has 1 heterocycles. The van der Waals surface area contributed by atoms with Gasteiger partial charge in [-0.05, 0) is 22.0 Å². The maximum absolute atomic E-state index is 12.1. The first-order valence-electron chi connectivity index (χ1n) is 6.06. The summed E-state index contributed by atoms with van der Waals surface area (Å²) in [5.41, 5.74) is 0.787. The zero-order valence-corrected chi connectivity index (χ0v) is 12.7. The van der Waals surface area contributed by atoms with Crippen molar-refractivity contribution in [2.45, 2.75) is 6.10 Å². The van der Waals surface area contributed by atoms with Crippen LogP contribution in [0.5, 0.6) is 0 Å².